The van der Waals surface area contributed by atoms with E-state index in [2.05, 4.69) is 4.98 Å². The first-order valence-corrected chi connectivity index (χ1v) is 5.88. The van der Waals surface area contributed by atoms with E-state index < -0.39 is 11.7 Å². The Morgan fingerprint density at radius 1 is 1.28 bits per heavy atom. The van der Waals surface area contributed by atoms with Crippen LogP contribution in [0, 0.1) is 5.82 Å². The highest BCUT2D eigenvalue weighted by molar-refractivity contribution is 6.34. The first-order valence-electron chi connectivity index (χ1n) is 5.50. The number of hydrogen-bond acceptors (Lipinski definition) is 2. The predicted octanol–water partition coefficient (Wildman–Crippen LogP) is 3.86. The molecule has 1 atom stereocenters. The molecule has 0 N–H and O–H groups in total. The van der Waals surface area contributed by atoms with Crippen LogP contribution in [0.5, 0.6) is 0 Å². The predicted molar refractivity (Wildman–Crippen MR) is 68.4 cm³/mol. The first kappa shape index (κ1) is 12.7. The fourth-order valence-corrected chi connectivity index (χ4v) is 1.97. The van der Waals surface area contributed by atoms with Gasteiger partial charge in [-0.1, -0.05) is 23.7 Å². The highest BCUT2D eigenvalue weighted by Crippen LogP contribution is 2.25. The Morgan fingerprint density at radius 2 is 2.06 bits per heavy atom. The molecule has 1 aromatic carbocycles. The van der Waals surface area contributed by atoms with Crippen LogP contribution < -0.4 is 0 Å². The normalized spacial score (nSPS) is 12.2. The zero-order valence-corrected chi connectivity index (χ0v) is 10.5. The fraction of sp³-hybridized carbons (Fsp3) is 0.143. The van der Waals surface area contributed by atoms with Gasteiger partial charge in [-0.15, -0.1) is 0 Å². The largest absolute Gasteiger partial charge is 0.293 e. The Hall–Kier alpha value is -1.74. The Labute approximate surface area is 109 Å². The van der Waals surface area contributed by atoms with E-state index in [1.54, 1.807) is 31.3 Å². The van der Waals surface area contributed by atoms with Crippen molar-refractivity contribution in [1.82, 2.24) is 4.98 Å². The molecule has 2 rings (SSSR count). The summed E-state index contributed by atoms with van der Waals surface area (Å²) in [5.41, 5.74) is 0.527. The van der Waals surface area contributed by atoms with E-state index in [0.29, 0.717) is 5.69 Å². The number of rotatable bonds is 3. The molecule has 0 aliphatic carbocycles. The number of carbonyl (C=O) groups is 1. The van der Waals surface area contributed by atoms with Crippen LogP contribution in [0.2, 0.25) is 5.02 Å². The van der Waals surface area contributed by atoms with Gasteiger partial charge in [-0.3, -0.25) is 9.78 Å². The minimum absolute atomic E-state index is 0.0719. The average molecular weight is 264 g/mol. The molecule has 1 unspecified atom stereocenters. The second-order valence-electron chi connectivity index (χ2n) is 3.94. The lowest BCUT2D eigenvalue weighted by Gasteiger charge is -2.11. The van der Waals surface area contributed by atoms with Gasteiger partial charge in [0.25, 0.3) is 0 Å². The maximum Gasteiger partial charge on any atom is 0.176 e. The molecule has 1 heterocycles. The number of benzene rings is 1. The van der Waals surface area contributed by atoms with Crippen LogP contribution in [0.25, 0.3) is 0 Å². The lowest BCUT2D eigenvalue weighted by molar-refractivity contribution is 0.0961. The highest BCUT2D eigenvalue weighted by Gasteiger charge is 2.23. The van der Waals surface area contributed by atoms with Crippen molar-refractivity contribution < 1.29 is 9.18 Å². The van der Waals surface area contributed by atoms with Crippen molar-refractivity contribution in [3.05, 3.63) is 64.7 Å². The third kappa shape index (κ3) is 2.41. The molecule has 18 heavy (non-hydrogen) atoms. The minimum Gasteiger partial charge on any atom is -0.293 e. The Morgan fingerprint density at radius 3 is 2.67 bits per heavy atom. The van der Waals surface area contributed by atoms with Gasteiger partial charge in [-0.2, -0.15) is 0 Å². The van der Waals surface area contributed by atoms with E-state index in [0.717, 1.165) is 0 Å². The van der Waals surface area contributed by atoms with Crippen LogP contribution in [-0.4, -0.2) is 10.8 Å². The summed E-state index contributed by atoms with van der Waals surface area (Å²) >= 11 is 5.87. The molecule has 4 heteroatoms. The maximum atomic E-state index is 13.7. The van der Waals surface area contributed by atoms with Crippen LogP contribution in [0.1, 0.15) is 28.9 Å². The molecule has 0 radical (unpaired) electrons. The topological polar surface area (TPSA) is 30.0 Å². The number of halogens is 2. The van der Waals surface area contributed by atoms with Crippen molar-refractivity contribution >= 4 is 17.4 Å². The molecule has 92 valence electrons. The van der Waals surface area contributed by atoms with Crippen molar-refractivity contribution in [3.63, 3.8) is 0 Å². The molecule has 0 aliphatic heterocycles. The molecule has 2 nitrogen and oxygen atoms in total. The fourth-order valence-electron chi connectivity index (χ4n) is 1.72. The third-order valence-corrected chi connectivity index (χ3v) is 3.05. The van der Waals surface area contributed by atoms with E-state index >= 15 is 0 Å². The summed E-state index contributed by atoms with van der Waals surface area (Å²) in [5, 5.41) is 0.128. The van der Waals surface area contributed by atoms with Gasteiger partial charge in [-0.25, -0.2) is 4.39 Å². The standard InChI is InChI=1S/C14H11ClFNO/c1-9(12-7-2-3-8-17-12)14(18)13-10(15)5-4-6-11(13)16/h2-9H,1H3. The Kier molecular flexibility index (Phi) is 3.72. The third-order valence-electron chi connectivity index (χ3n) is 2.73. The average Bonchev–Trinajstić information content (AvgIpc) is 2.38. The Balaban J connectivity index is 2.38. The summed E-state index contributed by atoms with van der Waals surface area (Å²) in [6.45, 7) is 1.69. The van der Waals surface area contributed by atoms with Gasteiger partial charge in [-0.05, 0) is 31.2 Å². The summed E-state index contributed by atoms with van der Waals surface area (Å²) in [4.78, 5) is 16.3. The monoisotopic (exact) mass is 263 g/mol. The number of ketones is 1. The lowest BCUT2D eigenvalue weighted by Crippen LogP contribution is -2.13. The van der Waals surface area contributed by atoms with Crippen LogP contribution in [0.4, 0.5) is 4.39 Å². The summed E-state index contributed by atoms with van der Waals surface area (Å²) in [6.07, 6.45) is 1.60. The second-order valence-corrected chi connectivity index (χ2v) is 4.34. The number of aromatic nitrogens is 1. The number of pyridine rings is 1. The van der Waals surface area contributed by atoms with Gasteiger partial charge in [0, 0.05) is 6.20 Å². The van der Waals surface area contributed by atoms with E-state index in [1.807, 2.05) is 0 Å². The highest BCUT2D eigenvalue weighted by atomic mass is 35.5. The van der Waals surface area contributed by atoms with Gasteiger partial charge >= 0.3 is 0 Å². The summed E-state index contributed by atoms with van der Waals surface area (Å²) in [6, 6.07) is 9.48. The van der Waals surface area contributed by atoms with Crippen LogP contribution in [0.15, 0.2) is 42.6 Å². The van der Waals surface area contributed by atoms with Gasteiger partial charge in [0.1, 0.15) is 5.82 Å². The van der Waals surface area contributed by atoms with Crippen LogP contribution in [0.3, 0.4) is 0 Å². The number of carbonyl (C=O) groups excluding carboxylic acids is 1. The molecule has 0 saturated heterocycles. The summed E-state index contributed by atoms with van der Waals surface area (Å²) < 4.78 is 13.7. The van der Waals surface area contributed by atoms with Crippen molar-refractivity contribution in [1.29, 1.82) is 0 Å². The van der Waals surface area contributed by atoms with Gasteiger partial charge < -0.3 is 0 Å². The summed E-state index contributed by atoms with van der Waals surface area (Å²) in [5.74, 6) is -1.49. The molecule has 0 aliphatic rings. The zero-order valence-electron chi connectivity index (χ0n) is 9.73. The van der Waals surface area contributed by atoms with Crippen molar-refractivity contribution in [2.75, 3.05) is 0 Å². The minimum atomic E-state index is -0.602. The van der Waals surface area contributed by atoms with Crippen molar-refractivity contribution in [3.8, 4) is 0 Å². The zero-order chi connectivity index (χ0) is 13.1. The lowest BCUT2D eigenvalue weighted by atomic mass is 9.95. The molecule has 2 aromatic rings. The molecule has 1 aromatic heterocycles. The maximum absolute atomic E-state index is 13.7. The quantitative estimate of drug-likeness (QED) is 0.787. The van der Waals surface area contributed by atoms with Gasteiger partial charge in [0.15, 0.2) is 5.78 Å². The summed E-state index contributed by atoms with van der Waals surface area (Å²) in [7, 11) is 0. The van der Waals surface area contributed by atoms with Gasteiger partial charge in [0.05, 0.1) is 22.2 Å². The van der Waals surface area contributed by atoms with E-state index in [9.17, 15) is 9.18 Å². The van der Waals surface area contributed by atoms with Crippen LogP contribution >= 0.6 is 11.6 Å². The van der Waals surface area contributed by atoms with Crippen molar-refractivity contribution in [2.24, 2.45) is 0 Å². The molecular weight excluding hydrogens is 253 g/mol. The van der Waals surface area contributed by atoms with Crippen molar-refractivity contribution in [2.45, 2.75) is 12.8 Å². The molecule has 0 bridgehead atoms. The SMILES string of the molecule is CC(C(=O)c1c(F)cccc1Cl)c1ccccn1. The molecule has 0 spiro atoms. The molecule has 0 fully saturated rings. The number of nitrogens with zero attached hydrogens (tertiary/aromatic N) is 1. The smallest absolute Gasteiger partial charge is 0.176 e. The van der Waals surface area contributed by atoms with Gasteiger partial charge in [0.2, 0.25) is 0 Å². The second kappa shape index (κ2) is 5.27. The van der Waals surface area contributed by atoms with E-state index in [4.69, 9.17) is 11.6 Å². The molecular formula is C14H11ClFNO. The number of hydrogen-bond donors (Lipinski definition) is 0. The molecule has 0 saturated carbocycles. The number of Topliss-reactive ketones (excluding diaryl/α,β-unsaturated/α-hetero) is 1. The Bertz CT molecular complexity index is 551. The van der Waals surface area contributed by atoms with Crippen LogP contribution in [-0.2, 0) is 0 Å². The molecule has 0 amide bonds. The first-order chi connectivity index (χ1) is 8.61. The van der Waals surface area contributed by atoms with E-state index in [-0.39, 0.29) is 16.4 Å². The van der Waals surface area contributed by atoms with E-state index in [1.165, 1.54) is 18.2 Å².